The van der Waals surface area contributed by atoms with E-state index in [1.54, 1.807) is 6.20 Å². The lowest BCUT2D eigenvalue weighted by atomic mass is 10.2. The molecule has 0 aromatic rings. The molecule has 2 aliphatic heterocycles. The summed E-state index contributed by atoms with van der Waals surface area (Å²) in [6, 6.07) is -0.533. The molecule has 7 heteroatoms. The molecule has 0 radical (unpaired) electrons. The summed E-state index contributed by atoms with van der Waals surface area (Å²) in [5.74, 6) is 5.79. The van der Waals surface area contributed by atoms with Gasteiger partial charge in [-0.2, -0.15) is 0 Å². The minimum absolute atomic E-state index is 0.225. The summed E-state index contributed by atoms with van der Waals surface area (Å²) in [4.78, 5) is 15.3. The summed E-state index contributed by atoms with van der Waals surface area (Å²) in [7, 11) is 0. The molecule has 6 N–H and O–H groups in total. The van der Waals surface area contributed by atoms with Crippen LogP contribution < -0.4 is 22.2 Å². The van der Waals surface area contributed by atoms with E-state index in [0.717, 1.165) is 0 Å². The standard InChI is InChI=1S/C6H10N6O/c7-6-11-5(13)3-4(12(6)8)10-2-1-9-3/h1-3,6,9H,7-8H2,(H,11,13). The van der Waals surface area contributed by atoms with Crippen LogP contribution in [0.2, 0.25) is 0 Å². The minimum Gasteiger partial charge on any atom is -0.372 e. The molecule has 2 unspecified atom stereocenters. The van der Waals surface area contributed by atoms with Crippen LogP contribution >= 0.6 is 0 Å². The van der Waals surface area contributed by atoms with Crippen molar-refractivity contribution in [2.45, 2.75) is 12.3 Å². The molecule has 0 aromatic carbocycles. The quantitative estimate of drug-likeness (QED) is 0.307. The van der Waals surface area contributed by atoms with E-state index < -0.39 is 12.3 Å². The first-order chi connectivity index (χ1) is 6.20. The Morgan fingerprint density at radius 2 is 2.38 bits per heavy atom. The van der Waals surface area contributed by atoms with Crippen molar-refractivity contribution in [2.24, 2.45) is 16.6 Å². The van der Waals surface area contributed by atoms with E-state index in [1.165, 1.54) is 11.2 Å². The Bertz CT molecular complexity index is 297. The van der Waals surface area contributed by atoms with Crippen molar-refractivity contribution in [1.29, 1.82) is 0 Å². The van der Waals surface area contributed by atoms with Gasteiger partial charge in [-0.05, 0) is 0 Å². The number of nitrogens with two attached hydrogens (primary N) is 2. The number of fused-ring (bicyclic) bond motifs is 1. The molecule has 13 heavy (non-hydrogen) atoms. The predicted molar refractivity (Wildman–Crippen MR) is 45.6 cm³/mol. The van der Waals surface area contributed by atoms with Crippen LogP contribution in [0.15, 0.2) is 17.4 Å². The molecule has 2 heterocycles. The monoisotopic (exact) mass is 182 g/mol. The SMILES string of the molecule is NC1NC(=O)C2NC=CN=C2N1N. The van der Waals surface area contributed by atoms with E-state index >= 15 is 0 Å². The third-order valence-corrected chi connectivity index (χ3v) is 1.92. The maximum Gasteiger partial charge on any atom is 0.253 e. The molecule has 0 aromatic heterocycles. The zero-order valence-corrected chi connectivity index (χ0v) is 6.77. The Hall–Kier alpha value is -1.60. The number of carbonyl (C=O) groups excluding carboxylic acids is 1. The van der Waals surface area contributed by atoms with E-state index in [1.807, 2.05) is 0 Å². The lowest BCUT2D eigenvalue weighted by Gasteiger charge is -2.37. The van der Waals surface area contributed by atoms with Crippen LogP contribution in [-0.4, -0.2) is 29.1 Å². The summed E-state index contributed by atoms with van der Waals surface area (Å²) < 4.78 is 0. The second-order valence-corrected chi connectivity index (χ2v) is 2.76. The summed E-state index contributed by atoms with van der Waals surface area (Å²) in [5, 5.41) is 6.54. The van der Waals surface area contributed by atoms with Crippen LogP contribution in [0.4, 0.5) is 0 Å². The van der Waals surface area contributed by atoms with Crippen molar-refractivity contribution in [2.75, 3.05) is 0 Å². The fourth-order valence-corrected chi connectivity index (χ4v) is 1.25. The van der Waals surface area contributed by atoms with E-state index in [0.29, 0.717) is 5.84 Å². The van der Waals surface area contributed by atoms with Crippen LogP contribution in [0.5, 0.6) is 0 Å². The predicted octanol–water partition coefficient (Wildman–Crippen LogP) is -2.62. The second-order valence-electron chi connectivity index (χ2n) is 2.76. The number of carbonyl (C=O) groups is 1. The highest BCUT2D eigenvalue weighted by Gasteiger charge is 2.36. The van der Waals surface area contributed by atoms with Gasteiger partial charge in [0.2, 0.25) is 0 Å². The Balaban J connectivity index is 2.32. The van der Waals surface area contributed by atoms with Gasteiger partial charge in [0.1, 0.15) is 0 Å². The highest BCUT2D eigenvalue weighted by molar-refractivity contribution is 6.09. The van der Waals surface area contributed by atoms with Crippen LogP contribution in [0.25, 0.3) is 0 Å². The molecular weight excluding hydrogens is 172 g/mol. The maximum absolute atomic E-state index is 11.3. The molecule has 0 saturated carbocycles. The number of amidine groups is 1. The average Bonchev–Trinajstić information content (AvgIpc) is 2.15. The Kier molecular flexibility index (Phi) is 1.67. The third kappa shape index (κ3) is 1.14. The van der Waals surface area contributed by atoms with E-state index in [2.05, 4.69) is 15.6 Å². The summed E-state index contributed by atoms with van der Waals surface area (Å²) in [5.41, 5.74) is 5.51. The maximum atomic E-state index is 11.3. The highest BCUT2D eigenvalue weighted by Crippen LogP contribution is 2.05. The lowest BCUT2D eigenvalue weighted by molar-refractivity contribution is -0.124. The zero-order valence-electron chi connectivity index (χ0n) is 6.77. The first kappa shape index (κ1) is 8.02. The number of hydrazine groups is 1. The van der Waals surface area contributed by atoms with Gasteiger partial charge in [0.25, 0.3) is 5.91 Å². The fourth-order valence-electron chi connectivity index (χ4n) is 1.25. The van der Waals surface area contributed by atoms with Crippen molar-refractivity contribution in [3.63, 3.8) is 0 Å². The van der Waals surface area contributed by atoms with Gasteiger partial charge < -0.3 is 10.6 Å². The highest BCUT2D eigenvalue weighted by atomic mass is 16.2. The van der Waals surface area contributed by atoms with Gasteiger partial charge in [0.15, 0.2) is 18.2 Å². The molecular formula is C6H10N6O. The van der Waals surface area contributed by atoms with Gasteiger partial charge in [-0.1, -0.05) is 0 Å². The molecule has 2 atom stereocenters. The first-order valence-electron chi connectivity index (χ1n) is 3.79. The number of hydrogen-bond donors (Lipinski definition) is 4. The minimum atomic E-state index is -0.712. The smallest absolute Gasteiger partial charge is 0.253 e. The van der Waals surface area contributed by atoms with Gasteiger partial charge in [0.05, 0.1) is 0 Å². The van der Waals surface area contributed by atoms with E-state index in [-0.39, 0.29) is 5.91 Å². The topological polar surface area (TPSA) is 109 Å². The van der Waals surface area contributed by atoms with Gasteiger partial charge >= 0.3 is 0 Å². The fraction of sp³-hybridized carbons (Fsp3) is 0.333. The van der Waals surface area contributed by atoms with Gasteiger partial charge in [0, 0.05) is 12.4 Å². The molecule has 1 amide bonds. The summed E-state index contributed by atoms with van der Waals surface area (Å²) in [6.07, 6.45) is 2.39. The average molecular weight is 182 g/mol. The van der Waals surface area contributed by atoms with Crippen molar-refractivity contribution >= 4 is 11.7 Å². The van der Waals surface area contributed by atoms with E-state index in [9.17, 15) is 4.79 Å². The second kappa shape index (κ2) is 2.71. The Labute approximate surface area is 74.4 Å². The van der Waals surface area contributed by atoms with Crippen molar-refractivity contribution in [3.8, 4) is 0 Å². The van der Waals surface area contributed by atoms with Crippen molar-refractivity contribution < 1.29 is 4.79 Å². The molecule has 1 fully saturated rings. The molecule has 0 aliphatic carbocycles. The van der Waals surface area contributed by atoms with E-state index in [4.69, 9.17) is 11.6 Å². The van der Waals surface area contributed by atoms with Crippen molar-refractivity contribution in [3.05, 3.63) is 12.4 Å². The number of nitrogens with zero attached hydrogens (tertiary/aromatic N) is 2. The number of amides is 1. The zero-order chi connectivity index (χ0) is 9.42. The van der Waals surface area contributed by atoms with Crippen LogP contribution in [0.3, 0.4) is 0 Å². The molecule has 70 valence electrons. The third-order valence-electron chi connectivity index (χ3n) is 1.92. The van der Waals surface area contributed by atoms with Gasteiger partial charge in [-0.15, -0.1) is 0 Å². The number of nitrogens with one attached hydrogen (secondary N) is 2. The van der Waals surface area contributed by atoms with Crippen LogP contribution in [-0.2, 0) is 4.79 Å². The summed E-state index contributed by atoms with van der Waals surface area (Å²) in [6.45, 7) is 0. The normalized spacial score (nSPS) is 31.7. The van der Waals surface area contributed by atoms with Crippen LogP contribution in [0.1, 0.15) is 0 Å². The van der Waals surface area contributed by atoms with Gasteiger partial charge in [-0.25, -0.2) is 10.8 Å². The first-order valence-corrected chi connectivity index (χ1v) is 3.79. The largest absolute Gasteiger partial charge is 0.372 e. The Morgan fingerprint density at radius 1 is 1.62 bits per heavy atom. The van der Waals surface area contributed by atoms with Gasteiger partial charge in [-0.3, -0.25) is 15.5 Å². The molecule has 0 spiro atoms. The van der Waals surface area contributed by atoms with Crippen molar-refractivity contribution in [1.82, 2.24) is 15.6 Å². The van der Waals surface area contributed by atoms with Crippen LogP contribution in [0, 0.1) is 0 Å². The molecule has 0 bridgehead atoms. The molecule has 2 aliphatic rings. The molecule has 2 rings (SSSR count). The Morgan fingerprint density at radius 3 is 3.15 bits per heavy atom. The lowest BCUT2D eigenvalue weighted by Crippen LogP contribution is -2.71. The summed E-state index contributed by atoms with van der Waals surface area (Å²) >= 11 is 0. The number of hydrogen-bond acceptors (Lipinski definition) is 6. The number of aliphatic imine (C=N–C) groups is 1. The number of rotatable bonds is 0. The molecule has 7 nitrogen and oxygen atoms in total. The molecule has 1 saturated heterocycles.